The topological polar surface area (TPSA) is 88.2 Å². The number of hydrogen-bond acceptors (Lipinski definition) is 5. The summed E-state index contributed by atoms with van der Waals surface area (Å²) in [5.74, 6) is -0.128. The maximum atomic E-state index is 12.4. The predicted molar refractivity (Wildman–Crippen MR) is 91.5 cm³/mol. The Labute approximate surface area is 143 Å². The van der Waals surface area contributed by atoms with Crippen molar-refractivity contribution in [3.8, 4) is 0 Å². The maximum absolute atomic E-state index is 12.4. The van der Waals surface area contributed by atoms with E-state index in [1.807, 2.05) is 6.92 Å². The number of sulfonamides is 1. The normalized spacial score (nSPS) is 11.3. The van der Waals surface area contributed by atoms with Gasteiger partial charge in [0.05, 0.1) is 11.3 Å². The number of aromatic nitrogens is 1. The molecule has 0 bridgehead atoms. The molecule has 2 rings (SSSR count). The fourth-order valence-corrected chi connectivity index (χ4v) is 4.46. The van der Waals surface area contributed by atoms with Crippen LogP contribution in [-0.2, 0) is 21.2 Å². The van der Waals surface area contributed by atoms with Gasteiger partial charge in [0, 0.05) is 22.6 Å². The highest BCUT2D eigenvalue weighted by Crippen LogP contribution is 2.26. The van der Waals surface area contributed by atoms with E-state index < -0.39 is 10.0 Å². The highest BCUT2D eigenvalue weighted by Gasteiger charge is 2.20. The number of amides is 1. The van der Waals surface area contributed by atoms with Crippen LogP contribution in [0.15, 0.2) is 29.3 Å². The molecule has 0 saturated carbocycles. The molecule has 1 aromatic carbocycles. The van der Waals surface area contributed by atoms with Crippen LogP contribution >= 0.6 is 22.9 Å². The second kappa shape index (κ2) is 7.29. The highest BCUT2D eigenvalue weighted by atomic mass is 35.5. The average Bonchev–Trinajstić information content (AvgIpc) is 2.88. The SMILES string of the molecule is CCNC(=O)Cc1cnc(NS(=O)(=O)c2cccc(Cl)c2C)s1. The van der Waals surface area contributed by atoms with Crippen molar-refractivity contribution in [1.82, 2.24) is 10.3 Å². The van der Waals surface area contributed by atoms with Gasteiger partial charge in [0.25, 0.3) is 10.0 Å². The molecule has 2 aromatic rings. The molecule has 0 atom stereocenters. The third-order valence-corrected chi connectivity index (χ3v) is 5.93. The molecule has 1 heterocycles. The fraction of sp³-hybridized carbons (Fsp3) is 0.286. The molecule has 0 radical (unpaired) electrons. The molecular formula is C14H16ClN3O3S2. The van der Waals surface area contributed by atoms with E-state index in [-0.39, 0.29) is 22.4 Å². The number of carbonyl (C=O) groups excluding carboxylic acids is 1. The van der Waals surface area contributed by atoms with E-state index in [1.54, 1.807) is 19.1 Å². The van der Waals surface area contributed by atoms with Gasteiger partial charge in [-0.3, -0.25) is 9.52 Å². The summed E-state index contributed by atoms with van der Waals surface area (Å²) in [4.78, 5) is 16.3. The van der Waals surface area contributed by atoms with Crippen LogP contribution < -0.4 is 10.0 Å². The first kappa shape index (κ1) is 17.7. The number of anilines is 1. The largest absolute Gasteiger partial charge is 0.356 e. The lowest BCUT2D eigenvalue weighted by molar-refractivity contribution is -0.120. The van der Waals surface area contributed by atoms with Gasteiger partial charge in [-0.15, -0.1) is 11.3 Å². The van der Waals surface area contributed by atoms with Gasteiger partial charge in [0.1, 0.15) is 0 Å². The summed E-state index contributed by atoms with van der Waals surface area (Å²) in [5.41, 5.74) is 0.473. The third kappa shape index (κ3) is 4.43. The maximum Gasteiger partial charge on any atom is 0.263 e. The van der Waals surface area contributed by atoms with Gasteiger partial charge >= 0.3 is 0 Å². The Balaban J connectivity index is 2.17. The number of likely N-dealkylation sites (N-methyl/N-ethyl adjacent to an activating group) is 1. The zero-order chi connectivity index (χ0) is 17.0. The molecule has 6 nitrogen and oxygen atoms in total. The van der Waals surface area contributed by atoms with Crippen molar-refractivity contribution in [1.29, 1.82) is 0 Å². The lowest BCUT2D eigenvalue weighted by Crippen LogP contribution is -2.23. The van der Waals surface area contributed by atoms with Gasteiger partial charge in [-0.2, -0.15) is 0 Å². The molecule has 0 spiro atoms. The smallest absolute Gasteiger partial charge is 0.263 e. The van der Waals surface area contributed by atoms with Crippen molar-refractivity contribution in [2.45, 2.75) is 25.2 Å². The summed E-state index contributed by atoms with van der Waals surface area (Å²) < 4.78 is 27.3. The minimum atomic E-state index is -3.78. The van der Waals surface area contributed by atoms with E-state index in [4.69, 9.17) is 11.6 Å². The first-order valence-corrected chi connectivity index (χ1v) is 9.50. The van der Waals surface area contributed by atoms with Gasteiger partial charge in [-0.05, 0) is 31.5 Å². The van der Waals surface area contributed by atoms with Crippen LogP contribution in [0.25, 0.3) is 0 Å². The van der Waals surface area contributed by atoms with Crippen LogP contribution in [0.1, 0.15) is 17.4 Å². The number of nitrogens with one attached hydrogen (secondary N) is 2. The van der Waals surface area contributed by atoms with Crippen LogP contribution in [-0.4, -0.2) is 25.9 Å². The number of hydrogen-bond donors (Lipinski definition) is 2. The average molecular weight is 374 g/mol. The van der Waals surface area contributed by atoms with E-state index in [0.29, 0.717) is 22.0 Å². The van der Waals surface area contributed by atoms with Crippen LogP contribution in [0.2, 0.25) is 5.02 Å². The monoisotopic (exact) mass is 373 g/mol. The van der Waals surface area contributed by atoms with Crippen molar-refractivity contribution in [2.24, 2.45) is 0 Å². The zero-order valence-corrected chi connectivity index (χ0v) is 15.0. The van der Waals surface area contributed by atoms with E-state index in [9.17, 15) is 13.2 Å². The van der Waals surface area contributed by atoms with Crippen LogP contribution in [0.4, 0.5) is 5.13 Å². The predicted octanol–water partition coefficient (Wildman–Crippen LogP) is 2.58. The summed E-state index contributed by atoms with van der Waals surface area (Å²) in [5, 5.41) is 3.27. The van der Waals surface area contributed by atoms with Crippen molar-refractivity contribution in [3.63, 3.8) is 0 Å². The van der Waals surface area contributed by atoms with Gasteiger partial charge in [-0.1, -0.05) is 17.7 Å². The second-order valence-electron chi connectivity index (χ2n) is 4.73. The number of nitrogens with zero attached hydrogens (tertiary/aromatic N) is 1. The van der Waals surface area contributed by atoms with Gasteiger partial charge in [0.2, 0.25) is 5.91 Å². The molecule has 124 valence electrons. The molecule has 1 aromatic heterocycles. The summed E-state index contributed by atoms with van der Waals surface area (Å²) in [6.45, 7) is 4.02. The lowest BCUT2D eigenvalue weighted by Gasteiger charge is -2.09. The quantitative estimate of drug-likeness (QED) is 0.814. The van der Waals surface area contributed by atoms with Crippen molar-refractivity contribution in [2.75, 3.05) is 11.3 Å². The van der Waals surface area contributed by atoms with E-state index in [0.717, 1.165) is 11.3 Å². The van der Waals surface area contributed by atoms with Crippen molar-refractivity contribution < 1.29 is 13.2 Å². The van der Waals surface area contributed by atoms with Gasteiger partial charge in [0.15, 0.2) is 5.13 Å². The molecule has 2 N–H and O–H groups in total. The zero-order valence-electron chi connectivity index (χ0n) is 12.6. The molecule has 0 aliphatic rings. The molecule has 9 heteroatoms. The van der Waals surface area contributed by atoms with Crippen LogP contribution in [0, 0.1) is 6.92 Å². The van der Waals surface area contributed by atoms with E-state index in [2.05, 4.69) is 15.0 Å². The summed E-state index contributed by atoms with van der Waals surface area (Å²) in [6, 6.07) is 4.68. The Kier molecular flexibility index (Phi) is 5.61. The first-order valence-electron chi connectivity index (χ1n) is 6.83. The Morgan fingerprint density at radius 1 is 1.39 bits per heavy atom. The van der Waals surface area contributed by atoms with E-state index in [1.165, 1.54) is 12.3 Å². The summed E-state index contributed by atoms with van der Waals surface area (Å²) in [7, 11) is -3.78. The Morgan fingerprint density at radius 2 is 2.13 bits per heavy atom. The van der Waals surface area contributed by atoms with E-state index >= 15 is 0 Å². The Bertz CT molecular complexity index is 818. The minimum Gasteiger partial charge on any atom is -0.356 e. The van der Waals surface area contributed by atoms with Crippen molar-refractivity contribution in [3.05, 3.63) is 39.9 Å². The number of halogens is 1. The first-order chi connectivity index (χ1) is 10.8. The summed E-state index contributed by atoms with van der Waals surface area (Å²) in [6.07, 6.45) is 1.66. The molecule has 0 aliphatic carbocycles. The summed E-state index contributed by atoms with van der Waals surface area (Å²) >= 11 is 7.09. The molecule has 0 aliphatic heterocycles. The molecular weight excluding hydrogens is 358 g/mol. The second-order valence-corrected chi connectivity index (χ2v) is 7.90. The lowest BCUT2D eigenvalue weighted by atomic mass is 10.2. The van der Waals surface area contributed by atoms with Gasteiger partial charge in [-0.25, -0.2) is 13.4 Å². The molecule has 0 saturated heterocycles. The standard InChI is InChI=1S/C14H16ClN3O3S2/c1-3-16-13(19)7-10-8-17-14(22-10)18-23(20,21)12-6-4-5-11(15)9(12)2/h4-6,8H,3,7H2,1-2H3,(H,16,19)(H,17,18). The number of thiazole rings is 1. The number of benzene rings is 1. The molecule has 1 amide bonds. The molecule has 0 fully saturated rings. The molecule has 0 unspecified atom stereocenters. The van der Waals surface area contributed by atoms with Crippen molar-refractivity contribution >= 4 is 44.0 Å². The van der Waals surface area contributed by atoms with Crippen LogP contribution in [0.3, 0.4) is 0 Å². The number of carbonyl (C=O) groups is 1. The Morgan fingerprint density at radius 3 is 2.83 bits per heavy atom. The minimum absolute atomic E-state index is 0.102. The highest BCUT2D eigenvalue weighted by molar-refractivity contribution is 7.93. The third-order valence-electron chi connectivity index (χ3n) is 2.99. The van der Waals surface area contributed by atoms with Gasteiger partial charge < -0.3 is 5.32 Å². The van der Waals surface area contributed by atoms with Crippen LogP contribution in [0.5, 0.6) is 0 Å². The molecule has 23 heavy (non-hydrogen) atoms. The fourth-order valence-electron chi connectivity index (χ4n) is 1.90. The number of rotatable bonds is 6. The Hall–Kier alpha value is -1.64.